The van der Waals surface area contributed by atoms with Crippen LogP contribution >= 0.6 is 0 Å². The molecule has 0 bridgehead atoms. The summed E-state index contributed by atoms with van der Waals surface area (Å²) in [5.74, 6) is 0. The lowest BCUT2D eigenvalue weighted by Gasteiger charge is -2.27. The summed E-state index contributed by atoms with van der Waals surface area (Å²) in [6.07, 6.45) is 1.30. The molecule has 1 rings (SSSR count). The molecule has 0 fully saturated rings. The lowest BCUT2D eigenvalue weighted by molar-refractivity contribution is 0.174. The molecule has 0 heterocycles. The predicted molar refractivity (Wildman–Crippen MR) is 71.3 cm³/mol. The molecule has 17 heavy (non-hydrogen) atoms. The summed E-state index contributed by atoms with van der Waals surface area (Å²) in [5.41, 5.74) is 2.00. The third-order valence-electron chi connectivity index (χ3n) is 2.89. The van der Waals surface area contributed by atoms with Gasteiger partial charge in [-0.3, -0.25) is 0 Å². The summed E-state index contributed by atoms with van der Waals surface area (Å²) in [6.45, 7) is 5.73. The third kappa shape index (κ3) is 3.72. The number of hydrogen-bond acceptors (Lipinski definition) is 3. The third-order valence-corrected chi connectivity index (χ3v) is 2.89. The number of anilines is 1. The number of hydrogen-bond donors (Lipinski definition) is 2. The van der Waals surface area contributed by atoms with Crippen LogP contribution in [0.2, 0.25) is 0 Å². The standard InChI is InChI=1S/C14H23NO2/c1-3-9-15(10-11-16)13-8-6-5-7-12(13)14(17)4-2/h5-8,14,16-17H,3-4,9-11H2,1-2H3/t14-/m0/s1. The van der Waals surface area contributed by atoms with Gasteiger partial charge in [0.15, 0.2) is 0 Å². The van der Waals surface area contributed by atoms with Gasteiger partial charge in [0.2, 0.25) is 0 Å². The minimum absolute atomic E-state index is 0.135. The minimum atomic E-state index is -0.427. The zero-order chi connectivity index (χ0) is 12.7. The van der Waals surface area contributed by atoms with Crippen molar-refractivity contribution >= 4 is 5.69 Å². The van der Waals surface area contributed by atoms with Gasteiger partial charge >= 0.3 is 0 Å². The molecule has 0 spiro atoms. The monoisotopic (exact) mass is 237 g/mol. The topological polar surface area (TPSA) is 43.7 Å². The maximum absolute atomic E-state index is 10.0. The molecule has 3 heteroatoms. The van der Waals surface area contributed by atoms with Crippen molar-refractivity contribution in [2.45, 2.75) is 32.8 Å². The van der Waals surface area contributed by atoms with E-state index < -0.39 is 6.10 Å². The Morgan fingerprint density at radius 1 is 1.18 bits per heavy atom. The van der Waals surface area contributed by atoms with Gasteiger partial charge in [0.25, 0.3) is 0 Å². The van der Waals surface area contributed by atoms with Crippen LogP contribution < -0.4 is 4.90 Å². The van der Waals surface area contributed by atoms with Gasteiger partial charge in [-0.15, -0.1) is 0 Å². The molecular weight excluding hydrogens is 214 g/mol. The molecule has 96 valence electrons. The normalized spacial score (nSPS) is 12.5. The molecule has 1 aromatic carbocycles. The first kappa shape index (κ1) is 14.0. The molecular formula is C14H23NO2. The first-order chi connectivity index (χ1) is 8.24. The van der Waals surface area contributed by atoms with Crippen molar-refractivity contribution in [3.05, 3.63) is 29.8 Å². The van der Waals surface area contributed by atoms with Crippen molar-refractivity contribution in [1.82, 2.24) is 0 Å². The van der Waals surface area contributed by atoms with Crippen LogP contribution in [0.15, 0.2) is 24.3 Å². The molecule has 0 amide bonds. The number of para-hydroxylation sites is 1. The van der Waals surface area contributed by atoms with E-state index in [4.69, 9.17) is 5.11 Å². The maximum atomic E-state index is 10.0. The van der Waals surface area contributed by atoms with E-state index in [9.17, 15) is 5.11 Å². The van der Waals surface area contributed by atoms with Crippen LogP contribution in [0, 0.1) is 0 Å². The van der Waals surface area contributed by atoms with E-state index in [2.05, 4.69) is 11.8 Å². The number of aliphatic hydroxyl groups excluding tert-OH is 2. The number of aliphatic hydroxyl groups is 2. The molecule has 0 unspecified atom stereocenters. The minimum Gasteiger partial charge on any atom is -0.395 e. The van der Waals surface area contributed by atoms with E-state index in [1.54, 1.807) is 0 Å². The van der Waals surface area contributed by atoms with Gasteiger partial charge in [0.1, 0.15) is 0 Å². The molecule has 0 saturated heterocycles. The lowest BCUT2D eigenvalue weighted by atomic mass is 10.0. The highest BCUT2D eigenvalue weighted by Gasteiger charge is 2.14. The highest BCUT2D eigenvalue weighted by Crippen LogP contribution is 2.28. The molecule has 0 aromatic heterocycles. The van der Waals surface area contributed by atoms with E-state index in [1.807, 2.05) is 31.2 Å². The van der Waals surface area contributed by atoms with Crippen LogP contribution in [-0.2, 0) is 0 Å². The second kappa shape index (κ2) is 7.30. The highest BCUT2D eigenvalue weighted by molar-refractivity contribution is 5.54. The Hall–Kier alpha value is -1.06. The first-order valence-corrected chi connectivity index (χ1v) is 6.37. The van der Waals surface area contributed by atoms with Gasteiger partial charge in [-0.25, -0.2) is 0 Å². The van der Waals surface area contributed by atoms with Crippen LogP contribution in [-0.4, -0.2) is 29.9 Å². The molecule has 0 saturated carbocycles. The van der Waals surface area contributed by atoms with E-state index >= 15 is 0 Å². The highest BCUT2D eigenvalue weighted by atomic mass is 16.3. The van der Waals surface area contributed by atoms with Gasteiger partial charge < -0.3 is 15.1 Å². The zero-order valence-electron chi connectivity index (χ0n) is 10.8. The molecule has 3 nitrogen and oxygen atoms in total. The zero-order valence-corrected chi connectivity index (χ0v) is 10.8. The number of rotatable bonds is 7. The summed E-state index contributed by atoms with van der Waals surface area (Å²) >= 11 is 0. The molecule has 2 N–H and O–H groups in total. The first-order valence-electron chi connectivity index (χ1n) is 6.37. The number of nitrogens with zero attached hydrogens (tertiary/aromatic N) is 1. The maximum Gasteiger partial charge on any atom is 0.0807 e. The Morgan fingerprint density at radius 3 is 2.47 bits per heavy atom. The smallest absolute Gasteiger partial charge is 0.0807 e. The Balaban J connectivity index is 2.99. The van der Waals surface area contributed by atoms with Crippen LogP contribution in [0.25, 0.3) is 0 Å². The average molecular weight is 237 g/mol. The van der Waals surface area contributed by atoms with Crippen molar-refractivity contribution in [3.63, 3.8) is 0 Å². The fraction of sp³-hybridized carbons (Fsp3) is 0.571. The van der Waals surface area contributed by atoms with Crippen molar-refractivity contribution in [3.8, 4) is 0 Å². The fourth-order valence-corrected chi connectivity index (χ4v) is 2.02. The molecule has 1 atom stereocenters. The molecule has 0 aliphatic carbocycles. The van der Waals surface area contributed by atoms with Crippen molar-refractivity contribution in [2.24, 2.45) is 0 Å². The Kier molecular flexibility index (Phi) is 6.01. The second-order valence-corrected chi connectivity index (χ2v) is 4.19. The number of benzene rings is 1. The summed E-state index contributed by atoms with van der Waals surface area (Å²) in [6, 6.07) is 7.89. The van der Waals surface area contributed by atoms with E-state index in [0.29, 0.717) is 13.0 Å². The van der Waals surface area contributed by atoms with Crippen LogP contribution in [0.5, 0.6) is 0 Å². The quantitative estimate of drug-likeness (QED) is 0.765. The van der Waals surface area contributed by atoms with Crippen molar-refractivity contribution < 1.29 is 10.2 Å². The SMILES string of the molecule is CCCN(CCO)c1ccccc1[C@@H](O)CC. The largest absolute Gasteiger partial charge is 0.395 e. The van der Waals surface area contributed by atoms with Crippen LogP contribution in [0.3, 0.4) is 0 Å². The summed E-state index contributed by atoms with van der Waals surface area (Å²) < 4.78 is 0. The van der Waals surface area contributed by atoms with E-state index in [-0.39, 0.29) is 6.61 Å². The molecule has 0 radical (unpaired) electrons. The van der Waals surface area contributed by atoms with E-state index in [1.165, 1.54) is 0 Å². The van der Waals surface area contributed by atoms with Crippen molar-refractivity contribution in [2.75, 3.05) is 24.6 Å². The Morgan fingerprint density at radius 2 is 1.88 bits per heavy atom. The van der Waals surface area contributed by atoms with Crippen LogP contribution in [0.1, 0.15) is 38.4 Å². The molecule has 0 aliphatic heterocycles. The lowest BCUT2D eigenvalue weighted by Crippen LogP contribution is -2.28. The van der Waals surface area contributed by atoms with Gasteiger partial charge in [0, 0.05) is 24.3 Å². The predicted octanol–water partition coefficient (Wildman–Crippen LogP) is 2.34. The van der Waals surface area contributed by atoms with Gasteiger partial charge in [-0.05, 0) is 18.9 Å². The summed E-state index contributed by atoms with van der Waals surface area (Å²) in [7, 11) is 0. The summed E-state index contributed by atoms with van der Waals surface area (Å²) in [4.78, 5) is 2.13. The molecule has 1 aromatic rings. The molecule has 0 aliphatic rings. The average Bonchev–Trinajstić information content (AvgIpc) is 2.37. The Labute approximate surface area is 104 Å². The van der Waals surface area contributed by atoms with Gasteiger partial charge in [0.05, 0.1) is 12.7 Å². The Bertz CT molecular complexity index is 322. The fourth-order valence-electron chi connectivity index (χ4n) is 2.02. The van der Waals surface area contributed by atoms with Crippen molar-refractivity contribution in [1.29, 1.82) is 0 Å². The summed E-state index contributed by atoms with van der Waals surface area (Å²) in [5, 5.41) is 19.1. The van der Waals surface area contributed by atoms with Gasteiger partial charge in [-0.1, -0.05) is 32.0 Å². The van der Waals surface area contributed by atoms with E-state index in [0.717, 1.165) is 24.2 Å². The van der Waals surface area contributed by atoms with Gasteiger partial charge in [-0.2, -0.15) is 0 Å². The van der Waals surface area contributed by atoms with Crippen LogP contribution in [0.4, 0.5) is 5.69 Å². The second-order valence-electron chi connectivity index (χ2n) is 4.19.